The molecule has 1 aromatic carbocycles. The molecule has 0 saturated heterocycles. The second-order valence-electron chi connectivity index (χ2n) is 2.31. The minimum absolute atomic E-state index is 0.0568. The molecule has 5 heteroatoms. The van der Waals surface area contributed by atoms with Crippen molar-refractivity contribution in [2.24, 2.45) is 0 Å². The molecule has 0 aliphatic heterocycles. The maximum absolute atomic E-state index is 13.0. The largest absolute Gasteiger partial charge is 0.293 e. The van der Waals surface area contributed by atoms with Crippen LogP contribution in [0.25, 0.3) is 0 Å². The second kappa shape index (κ2) is 4.53. The Labute approximate surface area is 96.5 Å². The van der Waals surface area contributed by atoms with Crippen LogP contribution < -0.4 is 0 Å². The van der Waals surface area contributed by atoms with E-state index >= 15 is 0 Å². The van der Waals surface area contributed by atoms with Gasteiger partial charge in [-0.25, -0.2) is 4.39 Å². The molecule has 0 aromatic heterocycles. The van der Waals surface area contributed by atoms with Gasteiger partial charge >= 0.3 is 0 Å². The van der Waals surface area contributed by atoms with Gasteiger partial charge in [-0.2, -0.15) is 0 Å². The first-order valence-corrected chi connectivity index (χ1v) is 5.59. The first kappa shape index (κ1) is 11.1. The number of hydrogen-bond donors (Lipinski definition) is 0. The summed E-state index contributed by atoms with van der Waals surface area (Å²) >= 11 is 11.5. The van der Waals surface area contributed by atoms with Crippen LogP contribution in [0.3, 0.4) is 0 Å². The third-order valence-electron chi connectivity index (χ3n) is 1.43. The normalized spacial score (nSPS) is 10.2. The quantitative estimate of drug-likeness (QED) is 0.458. The number of halogens is 4. The van der Waals surface area contributed by atoms with Crippen LogP contribution in [-0.2, 0) is 0 Å². The van der Waals surface area contributed by atoms with Gasteiger partial charge < -0.3 is 0 Å². The predicted molar refractivity (Wildman–Crippen MR) is 57.2 cm³/mol. The molecule has 13 heavy (non-hydrogen) atoms. The van der Waals surface area contributed by atoms with Crippen molar-refractivity contribution in [2.75, 3.05) is 5.33 Å². The molecular weight excluding hydrogens is 326 g/mol. The average Bonchev–Trinajstić information content (AvgIpc) is 2.12. The minimum atomic E-state index is -0.548. The third-order valence-corrected chi connectivity index (χ3v) is 2.79. The second-order valence-corrected chi connectivity index (χ2v) is 4.13. The number of rotatable bonds is 2. The summed E-state index contributed by atoms with van der Waals surface area (Å²) in [6.45, 7) is 0. The summed E-state index contributed by atoms with van der Waals surface area (Å²) in [7, 11) is 0. The van der Waals surface area contributed by atoms with E-state index in [2.05, 4.69) is 31.9 Å². The maximum Gasteiger partial charge on any atom is 0.173 e. The molecule has 0 radical (unpaired) electrons. The fourth-order valence-electron chi connectivity index (χ4n) is 0.794. The number of alkyl halides is 1. The first-order valence-electron chi connectivity index (χ1n) is 3.30. The fourth-order valence-corrected chi connectivity index (χ4v) is 1.91. The summed E-state index contributed by atoms with van der Waals surface area (Å²) in [5.74, 6) is -0.685. The Morgan fingerprint density at radius 1 is 1.54 bits per heavy atom. The van der Waals surface area contributed by atoms with Crippen LogP contribution in [0.4, 0.5) is 4.39 Å². The lowest BCUT2D eigenvalue weighted by molar-refractivity contribution is 0.102. The van der Waals surface area contributed by atoms with Crippen molar-refractivity contribution in [3.05, 3.63) is 33.0 Å². The van der Waals surface area contributed by atoms with Crippen LogP contribution in [0.1, 0.15) is 10.4 Å². The van der Waals surface area contributed by atoms with E-state index in [-0.39, 0.29) is 20.6 Å². The summed E-state index contributed by atoms with van der Waals surface area (Å²) in [5, 5.41) is 0.139. The number of carbonyl (C=O) groups excluding carboxylic acids is 1. The Morgan fingerprint density at radius 3 is 2.62 bits per heavy atom. The lowest BCUT2D eigenvalue weighted by atomic mass is 10.1. The van der Waals surface area contributed by atoms with E-state index in [4.69, 9.17) is 11.6 Å². The van der Waals surface area contributed by atoms with Gasteiger partial charge in [0, 0.05) is 5.56 Å². The van der Waals surface area contributed by atoms with Gasteiger partial charge in [-0.15, -0.1) is 0 Å². The minimum Gasteiger partial charge on any atom is -0.293 e. The highest BCUT2D eigenvalue weighted by molar-refractivity contribution is 9.10. The molecule has 0 amide bonds. The summed E-state index contributed by atoms with van der Waals surface area (Å²) in [5.41, 5.74) is 0.384. The number of Topliss-reactive ketones (excluding diaryl/α,β-unsaturated/α-hetero) is 1. The van der Waals surface area contributed by atoms with Gasteiger partial charge in [0.2, 0.25) is 0 Å². The predicted octanol–water partition coefficient (Wildman–Crippen LogP) is 3.82. The smallest absolute Gasteiger partial charge is 0.173 e. The van der Waals surface area contributed by atoms with Crippen molar-refractivity contribution in [3.63, 3.8) is 0 Å². The molecule has 0 N–H and O–H groups in total. The van der Waals surface area contributed by atoms with Crippen LogP contribution in [0.5, 0.6) is 0 Å². The monoisotopic (exact) mass is 328 g/mol. The zero-order chi connectivity index (χ0) is 10.0. The van der Waals surface area contributed by atoms with Crippen molar-refractivity contribution in [1.29, 1.82) is 0 Å². The summed E-state index contributed by atoms with van der Waals surface area (Å²) in [4.78, 5) is 11.2. The van der Waals surface area contributed by atoms with Crippen LogP contribution in [-0.4, -0.2) is 11.1 Å². The highest BCUT2D eigenvalue weighted by Gasteiger charge is 2.11. The Kier molecular flexibility index (Phi) is 3.88. The molecule has 70 valence electrons. The van der Waals surface area contributed by atoms with Gasteiger partial charge in [-0.05, 0) is 28.1 Å². The molecule has 1 rings (SSSR count). The van der Waals surface area contributed by atoms with Gasteiger partial charge in [0.15, 0.2) is 11.6 Å². The number of carbonyl (C=O) groups is 1. The molecule has 0 aliphatic carbocycles. The van der Waals surface area contributed by atoms with Crippen LogP contribution >= 0.6 is 43.5 Å². The molecule has 0 bridgehead atoms. The Morgan fingerprint density at radius 2 is 2.15 bits per heavy atom. The highest BCUT2D eigenvalue weighted by atomic mass is 79.9. The molecule has 1 aromatic rings. The first-order chi connectivity index (χ1) is 6.06. The number of benzene rings is 1. The Hall–Kier alpha value is 0.0700. The Bertz CT molecular complexity index is 331. The van der Waals surface area contributed by atoms with Crippen LogP contribution in [0.15, 0.2) is 16.6 Å². The molecule has 0 saturated carbocycles. The number of hydrogen-bond acceptors (Lipinski definition) is 1. The van der Waals surface area contributed by atoms with Gasteiger partial charge in [-0.1, -0.05) is 27.5 Å². The molecule has 0 atom stereocenters. The van der Waals surface area contributed by atoms with E-state index in [1.54, 1.807) is 0 Å². The van der Waals surface area contributed by atoms with Gasteiger partial charge in [-0.3, -0.25) is 4.79 Å². The highest BCUT2D eigenvalue weighted by Crippen LogP contribution is 2.25. The average molecular weight is 330 g/mol. The lowest BCUT2D eigenvalue weighted by Crippen LogP contribution is -2.00. The van der Waals surface area contributed by atoms with Crippen molar-refractivity contribution >= 4 is 49.2 Å². The topological polar surface area (TPSA) is 17.1 Å². The molecule has 0 spiro atoms. The Balaban J connectivity index is 3.20. The van der Waals surface area contributed by atoms with Gasteiger partial charge in [0.25, 0.3) is 0 Å². The van der Waals surface area contributed by atoms with Gasteiger partial charge in [0.1, 0.15) is 0 Å². The van der Waals surface area contributed by atoms with Crippen LogP contribution in [0.2, 0.25) is 5.02 Å². The fraction of sp³-hybridized carbons (Fsp3) is 0.125. The van der Waals surface area contributed by atoms with E-state index in [1.807, 2.05) is 0 Å². The van der Waals surface area contributed by atoms with Crippen molar-refractivity contribution in [2.45, 2.75) is 0 Å². The lowest BCUT2D eigenvalue weighted by Gasteiger charge is -2.01. The third kappa shape index (κ3) is 2.51. The summed E-state index contributed by atoms with van der Waals surface area (Å²) in [6.07, 6.45) is 0. The van der Waals surface area contributed by atoms with Gasteiger partial charge in [0.05, 0.1) is 14.8 Å². The van der Waals surface area contributed by atoms with Crippen LogP contribution in [0, 0.1) is 5.82 Å². The zero-order valence-corrected chi connectivity index (χ0v) is 10.2. The number of ketones is 1. The maximum atomic E-state index is 13.0. The van der Waals surface area contributed by atoms with Crippen molar-refractivity contribution < 1.29 is 9.18 Å². The van der Waals surface area contributed by atoms with E-state index in [1.165, 1.54) is 12.1 Å². The SMILES string of the molecule is O=C(CBr)c1cc(Cl)c(F)c(Br)c1. The summed E-state index contributed by atoms with van der Waals surface area (Å²) in [6, 6.07) is 2.72. The molecular formula is C8H4Br2ClFO. The summed E-state index contributed by atoms with van der Waals surface area (Å²) < 4.78 is 13.2. The van der Waals surface area contributed by atoms with E-state index < -0.39 is 5.82 Å². The zero-order valence-electron chi connectivity index (χ0n) is 6.28. The van der Waals surface area contributed by atoms with E-state index in [0.717, 1.165) is 0 Å². The van der Waals surface area contributed by atoms with Crippen molar-refractivity contribution in [3.8, 4) is 0 Å². The molecule has 1 nitrogen and oxygen atoms in total. The molecule has 0 fully saturated rings. The molecule has 0 aliphatic rings. The molecule has 0 unspecified atom stereocenters. The van der Waals surface area contributed by atoms with Crippen molar-refractivity contribution in [1.82, 2.24) is 0 Å². The van der Waals surface area contributed by atoms with E-state index in [0.29, 0.717) is 5.56 Å². The standard InChI is InChI=1S/C8H4Br2ClFO/c9-3-7(13)4-1-5(10)8(12)6(11)2-4/h1-2H,3H2. The molecule has 0 heterocycles. The van der Waals surface area contributed by atoms with E-state index in [9.17, 15) is 9.18 Å².